The van der Waals surface area contributed by atoms with Crippen LogP contribution in [0.5, 0.6) is 0 Å². The van der Waals surface area contributed by atoms with Gasteiger partial charge in [-0.15, -0.1) is 0 Å². The highest BCUT2D eigenvalue weighted by Crippen LogP contribution is 2.22. The fourth-order valence-electron chi connectivity index (χ4n) is 2.06. The maximum absolute atomic E-state index is 13.0. The largest absolute Gasteiger partial charge is 0.336 e. The summed E-state index contributed by atoms with van der Waals surface area (Å²) in [5.74, 6) is -0.373. The molecule has 1 aromatic carbocycles. The fourth-order valence-corrected chi connectivity index (χ4v) is 2.06. The first kappa shape index (κ1) is 16.1. The monoisotopic (exact) mass is 300 g/mol. The summed E-state index contributed by atoms with van der Waals surface area (Å²) < 4.78 is 13.0. The summed E-state index contributed by atoms with van der Waals surface area (Å²) in [5, 5.41) is 0. The van der Waals surface area contributed by atoms with Gasteiger partial charge >= 0.3 is 0 Å². The highest BCUT2D eigenvalue weighted by molar-refractivity contribution is 5.94. The van der Waals surface area contributed by atoms with Crippen LogP contribution in [0.15, 0.2) is 36.5 Å². The quantitative estimate of drug-likeness (QED) is 0.837. The lowest BCUT2D eigenvalue weighted by atomic mass is 10.0. The number of hydrogen-bond acceptors (Lipinski definition) is 2. The average molecular weight is 300 g/mol. The van der Waals surface area contributed by atoms with E-state index in [1.165, 1.54) is 12.1 Å². The maximum atomic E-state index is 13.0. The number of halogens is 1. The molecule has 1 aromatic heterocycles. The van der Waals surface area contributed by atoms with Gasteiger partial charge in [-0.25, -0.2) is 4.39 Å². The average Bonchev–Trinajstić information content (AvgIpc) is 2.45. The van der Waals surface area contributed by atoms with E-state index in [1.807, 2.05) is 33.8 Å². The van der Waals surface area contributed by atoms with Gasteiger partial charge in [-0.05, 0) is 57.0 Å². The van der Waals surface area contributed by atoms with Gasteiger partial charge in [-0.1, -0.05) is 12.1 Å². The Morgan fingerprint density at radius 1 is 1.14 bits per heavy atom. The zero-order chi connectivity index (χ0) is 16.5. The number of carbonyl (C=O) groups is 1. The Hall–Kier alpha value is -2.23. The van der Waals surface area contributed by atoms with Gasteiger partial charge in [0, 0.05) is 24.3 Å². The van der Waals surface area contributed by atoms with E-state index >= 15 is 0 Å². The fraction of sp³-hybridized carbons (Fsp3) is 0.333. The Kier molecular flexibility index (Phi) is 4.31. The topological polar surface area (TPSA) is 33.2 Å². The Bertz CT molecular complexity index is 687. The van der Waals surface area contributed by atoms with E-state index in [1.54, 1.807) is 30.3 Å². The molecule has 0 spiro atoms. The minimum atomic E-state index is -0.271. The summed E-state index contributed by atoms with van der Waals surface area (Å²) in [5.41, 5.74) is 2.74. The van der Waals surface area contributed by atoms with Gasteiger partial charge in [0.15, 0.2) is 0 Å². The van der Waals surface area contributed by atoms with E-state index < -0.39 is 0 Å². The van der Waals surface area contributed by atoms with Crippen molar-refractivity contribution in [3.05, 3.63) is 53.6 Å². The highest BCUT2D eigenvalue weighted by Gasteiger charge is 2.25. The third kappa shape index (κ3) is 3.32. The van der Waals surface area contributed by atoms with Crippen LogP contribution < -0.4 is 0 Å². The zero-order valence-corrected chi connectivity index (χ0v) is 13.6. The van der Waals surface area contributed by atoms with Gasteiger partial charge in [0.05, 0.1) is 0 Å². The highest BCUT2D eigenvalue weighted by atomic mass is 19.1. The molecular formula is C18H21FN2O. The van der Waals surface area contributed by atoms with E-state index in [0.29, 0.717) is 5.69 Å². The smallest absolute Gasteiger partial charge is 0.272 e. The Balaban J connectivity index is 2.34. The normalized spacial score (nSPS) is 11.4. The number of nitrogens with zero attached hydrogens (tertiary/aromatic N) is 2. The molecule has 22 heavy (non-hydrogen) atoms. The van der Waals surface area contributed by atoms with Crippen LogP contribution in [-0.4, -0.2) is 28.4 Å². The molecule has 2 rings (SSSR count). The molecule has 0 bridgehead atoms. The molecule has 0 N–H and O–H groups in total. The summed E-state index contributed by atoms with van der Waals surface area (Å²) in [4.78, 5) is 18.5. The molecule has 116 valence electrons. The number of aryl methyl sites for hydroxylation is 1. The lowest BCUT2D eigenvalue weighted by Crippen LogP contribution is -2.43. The van der Waals surface area contributed by atoms with Gasteiger partial charge in [0.2, 0.25) is 0 Å². The van der Waals surface area contributed by atoms with Gasteiger partial charge in [-0.2, -0.15) is 0 Å². The summed E-state index contributed by atoms with van der Waals surface area (Å²) in [6, 6.07) is 8.14. The molecule has 1 amide bonds. The number of pyridine rings is 1. The summed E-state index contributed by atoms with van der Waals surface area (Å²) in [7, 11) is 1.78. The number of rotatable bonds is 2. The maximum Gasteiger partial charge on any atom is 0.272 e. The van der Waals surface area contributed by atoms with E-state index in [4.69, 9.17) is 0 Å². The molecule has 2 aromatic rings. The van der Waals surface area contributed by atoms with Crippen molar-refractivity contribution in [2.24, 2.45) is 0 Å². The molecule has 0 aliphatic rings. The van der Waals surface area contributed by atoms with Crippen molar-refractivity contribution >= 4 is 5.91 Å². The SMILES string of the molecule is Cc1cc(-c2ccc(F)cc2)cnc1C(=O)N(C)C(C)(C)C. The first-order valence-electron chi connectivity index (χ1n) is 7.21. The number of benzene rings is 1. The second-order valence-electron chi connectivity index (χ2n) is 6.43. The van der Waals surface area contributed by atoms with E-state index in [-0.39, 0.29) is 17.3 Å². The Morgan fingerprint density at radius 2 is 1.73 bits per heavy atom. The summed E-state index contributed by atoms with van der Waals surface area (Å²) >= 11 is 0. The second kappa shape index (κ2) is 5.87. The first-order valence-corrected chi connectivity index (χ1v) is 7.21. The Labute approximate surface area is 130 Å². The predicted octanol–water partition coefficient (Wildman–Crippen LogP) is 4.07. The van der Waals surface area contributed by atoms with Crippen molar-refractivity contribution in [3.63, 3.8) is 0 Å². The molecule has 3 nitrogen and oxygen atoms in total. The van der Waals surface area contributed by atoms with Gasteiger partial charge < -0.3 is 4.90 Å². The van der Waals surface area contributed by atoms with Crippen LogP contribution in [0, 0.1) is 12.7 Å². The zero-order valence-electron chi connectivity index (χ0n) is 13.6. The lowest BCUT2D eigenvalue weighted by Gasteiger charge is -2.32. The molecule has 1 heterocycles. The molecule has 0 radical (unpaired) electrons. The molecule has 4 heteroatoms. The summed E-state index contributed by atoms with van der Waals surface area (Å²) in [6.07, 6.45) is 1.66. The number of hydrogen-bond donors (Lipinski definition) is 0. The Morgan fingerprint density at radius 3 is 2.23 bits per heavy atom. The van der Waals surface area contributed by atoms with Crippen LogP contribution in [0.2, 0.25) is 0 Å². The van der Waals surface area contributed by atoms with Gasteiger partial charge in [-0.3, -0.25) is 9.78 Å². The summed E-state index contributed by atoms with van der Waals surface area (Å²) in [6.45, 7) is 7.80. The van der Waals surface area contributed by atoms with E-state index in [9.17, 15) is 9.18 Å². The third-order valence-corrected chi connectivity index (χ3v) is 3.77. The van der Waals surface area contributed by atoms with Crippen LogP contribution in [0.3, 0.4) is 0 Å². The van der Waals surface area contributed by atoms with Crippen molar-refractivity contribution in [2.45, 2.75) is 33.2 Å². The minimum Gasteiger partial charge on any atom is -0.336 e. The molecule has 0 unspecified atom stereocenters. The van der Waals surface area contributed by atoms with Crippen molar-refractivity contribution in [3.8, 4) is 11.1 Å². The lowest BCUT2D eigenvalue weighted by molar-refractivity contribution is 0.0649. The van der Waals surface area contributed by atoms with Crippen LogP contribution in [0.4, 0.5) is 4.39 Å². The standard InChI is InChI=1S/C18H21FN2O/c1-12-10-14(13-6-8-15(19)9-7-13)11-20-16(12)17(22)21(5)18(2,3)4/h6-11H,1-5H3. The van der Waals surface area contributed by atoms with Crippen LogP contribution in [0.25, 0.3) is 11.1 Å². The molecule has 0 aliphatic heterocycles. The molecule has 0 saturated carbocycles. The van der Waals surface area contributed by atoms with E-state index in [0.717, 1.165) is 16.7 Å². The second-order valence-corrected chi connectivity index (χ2v) is 6.43. The first-order chi connectivity index (χ1) is 10.2. The predicted molar refractivity (Wildman–Crippen MR) is 86.2 cm³/mol. The molecule has 0 aliphatic carbocycles. The van der Waals surface area contributed by atoms with Gasteiger partial charge in [0.1, 0.15) is 11.5 Å². The molecule has 0 fully saturated rings. The van der Waals surface area contributed by atoms with Gasteiger partial charge in [0.25, 0.3) is 5.91 Å². The van der Waals surface area contributed by atoms with Crippen molar-refractivity contribution in [1.82, 2.24) is 9.88 Å². The minimum absolute atomic E-state index is 0.101. The van der Waals surface area contributed by atoms with Crippen molar-refractivity contribution < 1.29 is 9.18 Å². The number of carbonyl (C=O) groups excluding carboxylic acids is 1. The molecular weight excluding hydrogens is 279 g/mol. The van der Waals surface area contributed by atoms with Crippen molar-refractivity contribution in [1.29, 1.82) is 0 Å². The third-order valence-electron chi connectivity index (χ3n) is 3.77. The van der Waals surface area contributed by atoms with E-state index in [2.05, 4.69) is 4.98 Å². The van der Waals surface area contributed by atoms with Crippen LogP contribution in [0.1, 0.15) is 36.8 Å². The molecule has 0 atom stereocenters. The van der Waals surface area contributed by atoms with Crippen LogP contribution in [-0.2, 0) is 0 Å². The van der Waals surface area contributed by atoms with Crippen molar-refractivity contribution in [2.75, 3.05) is 7.05 Å². The van der Waals surface area contributed by atoms with Crippen LogP contribution >= 0.6 is 0 Å². The number of aromatic nitrogens is 1. The number of amides is 1. The molecule has 0 saturated heterocycles.